The van der Waals surface area contributed by atoms with E-state index in [1.807, 2.05) is 53.4 Å². The van der Waals surface area contributed by atoms with Crippen LogP contribution in [0.1, 0.15) is 31.2 Å². The summed E-state index contributed by atoms with van der Waals surface area (Å²) in [6, 6.07) is 13.8. The molecule has 156 valence electrons. The maximum atomic E-state index is 13.4. The van der Waals surface area contributed by atoms with E-state index in [1.54, 1.807) is 14.2 Å². The number of rotatable bonds is 5. The number of aliphatic imine (C=N–C) groups is 1. The van der Waals surface area contributed by atoms with E-state index in [4.69, 9.17) is 14.5 Å². The van der Waals surface area contributed by atoms with Crippen molar-refractivity contribution in [1.29, 1.82) is 0 Å². The minimum absolute atomic E-state index is 0.00239. The molecular formula is C23H23BrN2O3S. The summed E-state index contributed by atoms with van der Waals surface area (Å²) in [6.07, 6.45) is 6.19. The normalized spacial score (nSPS) is 19.8. The molecule has 0 bridgehead atoms. The topological polar surface area (TPSA) is 51.1 Å². The standard InChI is InChI=1S/C23H23BrN2O3S/c1-28-19-14-16(24)12-15(21(19)29-2)13-20-22(27)26(18-10-6-7-11-18)23(30-20)25-17-8-4-3-5-9-17/h3-5,8-9,12-14,18H,6-7,10-11H2,1-2H3/b20-13-,25-23?. The molecule has 1 saturated heterocycles. The molecular weight excluding hydrogens is 464 g/mol. The summed E-state index contributed by atoms with van der Waals surface area (Å²) in [7, 11) is 3.20. The maximum absolute atomic E-state index is 13.4. The molecule has 0 aromatic heterocycles. The van der Waals surface area contributed by atoms with Crippen LogP contribution < -0.4 is 9.47 Å². The van der Waals surface area contributed by atoms with Gasteiger partial charge in [0.05, 0.1) is 24.8 Å². The Labute approximate surface area is 189 Å². The van der Waals surface area contributed by atoms with Gasteiger partial charge in [0.1, 0.15) is 0 Å². The van der Waals surface area contributed by atoms with Gasteiger partial charge in [-0.25, -0.2) is 4.99 Å². The number of thioether (sulfide) groups is 1. The van der Waals surface area contributed by atoms with Gasteiger partial charge >= 0.3 is 0 Å². The lowest BCUT2D eigenvalue weighted by atomic mass is 10.1. The number of nitrogens with zero attached hydrogens (tertiary/aromatic N) is 2. The van der Waals surface area contributed by atoms with Crippen LogP contribution in [-0.4, -0.2) is 36.2 Å². The second kappa shape index (κ2) is 9.27. The largest absolute Gasteiger partial charge is 0.493 e. The Morgan fingerprint density at radius 2 is 1.87 bits per heavy atom. The van der Waals surface area contributed by atoms with E-state index in [-0.39, 0.29) is 11.9 Å². The summed E-state index contributed by atoms with van der Waals surface area (Å²) in [4.78, 5) is 20.7. The molecule has 2 aliphatic rings. The summed E-state index contributed by atoms with van der Waals surface area (Å²) in [5.41, 5.74) is 1.63. The van der Waals surface area contributed by atoms with Gasteiger partial charge in [0.2, 0.25) is 0 Å². The number of methoxy groups -OCH3 is 2. The van der Waals surface area contributed by atoms with Crippen LogP contribution >= 0.6 is 27.7 Å². The van der Waals surface area contributed by atoms with E-state index >= 15 is 0 Å². The molecule has 1 heterocycles. The number of carbonyl (C=O) groups is 1. The van der Waals surface area contributed by atoms with Crippen molar-refractivity contribution in [3.05, 3.63) is 57.4 Å². The van der Waals surface area contributed by atoms with Crippen LogP contribution in [0.25, 0.3) is 6.08 Å². The smallest absolute Gasteiger partial charge is 0.267 e. The molecule has 0 spiro atoms. The second-order valence-electron chi connectivity index (χ2n) is 7.18. The fraction of sp³-hybridized carbons (Fsp3) is 0.304. The van der Waals surface area contributed by atoms with Crippen molar-refractivity contribution in [3.8, 4) is 11.5 Å². The maximum Gasteiger partial charge on any atom is 0.267 e. The number of hydrogen-bond acceptors (Lipinski definition) is 5. The van der Waals surface area contributed by atoms with Crippen LogP contribution in [-0.2, 0) is 4.79 Å². The molecule has 7 heteroatoms. The third-order valence-corrected chi connectivity index (χ3v) is 6.71. The highest BCUT2D eigenvalue weighted by Crippen LogP contribution is 2.42. The molecule has 2 aromatic carbocycles. The Morgan fingerprint density at radius 3 is 2.53 bits per heavy atom. The van der Waals surface area contributed by atoms with Crippen LogP contribution in [0, 0.1) is 0 Å². The highest BCUT2D eigenvalue weighted by molar-refractivity contribution is 9.10. The van der Waals surface area contributed by atoms with Crippen LogP contribution in [0.4, 0.5) is 5.69 Å². The Kier molecular flexibility index (Phi) is 6.49. The molecule has 30 heavy (non-hydrogen) atoms. The Bertz CT molecular complexity index is 1000. The first-order chi connectivity index (χ1) is 14.6. The third kappa shape index (κ3) is 4.27. The predicted molar refractivity (Wildman–Crippen MR) is 125 cm³/mol. The fourth-order valence-corrected chi connectivity index (χ4v) is 5.37. The first-order valence-corrected chi connectivity index (χ1v) is 11.5. The molecule has 0 N–H and O–H groups in total. The van der Waals surface area contributed by atoms with Crippen LogP contribution in [0.3, 0.4) is 0 Å². The zero-order valence-electron chi connectivity index (χ0n) is 16.9. The molecule has 0 atom stereocenters. The first kappa shape index (κ1) is 21.0. The number of ether oxygens (including phenoxy) is 2. The summed E-state index contributed by atoms with van der Waals surface area (Å²) in [5.74, 6) is 1.21. The number of carbonyl (C=O) groups excluding carboxylic acids is 1. The fourth-order valence-electron chi connectivity index (χ4n) is 3.87. The highest BCUT2D eigenvalue weighted by atomic mass is 79.9. The average Bonchev–Trinajstić information content (AvgIpc) is 3.37. The molecule has 0 radical (unpaired) electrons. The quantitative estimate of drug-likeness (QED) is 0.485. The number of para-hydroxylation sites is 1. The number of benzene rings is 2. The Hall–Kier alpha value is -2.25. The Balaban J connectivity index is 1.76. The number of halogens is 1. The zero-order chi connectivity index (χ0) is 21.1. The van der Waals surface area contributed by atoms with Gasteiger partial charge in [0.25, 0.3) is 5.91 Å². The van der Waals surface area contributed by atoms with Gasteiger partial charge in [-0.15, -0.1) is 0 Å². The molecule has 1 aliphatic carbocycles. The van der Waals surface area contributed by atoms with Gasteiger partial charge in [-0.1, -0.05) is 47.0 Å². The monoisotopic (exact) mass is 486 g/mol. The van der Waals surface area contributed by atoms with Crippen molar-refractivity contribution in [2.75, 3.05) is 14.2 Å². The lowest BCUT2D eigenvalue weighted by Crippen LogP contribution is -2.37. The lowest BCUT2D eigenvalue weighted by molar-refractivity contribution is -0.123. The van der Waals surface area contributed by atoms with Gasteiger partial charge in [0, 0.05) is 16.1 Å². The molecule has 1 amide bonds. The molecule has 5 nitrogen and oxygen atoms in total. The van der Waals surface area contributed by atoms with E-state index in [0.29, 0.717) is 16.4 Å². The number of amidine groups is 1. The van der Waals surface area contributed by atoms with Gasteiger partial charge < -0.3 is 9.47 Å². The zero-order valence-corrected chi connectivity index (χ0v) is 19.3. The van der Waals surface area contributed by atoms with E-state index in [2.05, 4.69) is 15.9 Å². The third-order valence-electron chi connectivity index (χ3n) is 5.27. The molecule has 1 saturated carbocycles. The predicted octanol–water partition coefficient (Wildman–Crippen LogP) is 6.01. The van der Waals surface area contributed by atoms with Crippen molar-refractivity contribution in [2.45, 2.75) is 31.7 Å². The lowest BCUT2D eigenvalue weighted by Gasteiger charge is -2.22. The molecule has 2 aromatic rings. The summed E-state index contributed by atoms with van der Waals surface area (Å²) in [6.45, 7) is 0. The van der Waals surface area contributed by atoms with Crippen LogP contribution in [0.5, 0.6) is 11.5 Å². The van der Waals surface area contributed by atoms with Crippen molar-refractivity contribution >= 4 is 50.5 Å². The SMILES string of the molecule is COc1cc(Br)cc(/C=C2\SC(=Nc3ccccc3)N(C3CCCC3)C2=O)c1OC. The first-order valence-electron chi connectivity index (χ1n) is 9.89. The van der Waals surface area contributed by atoms with E-state index in [0.717, 1.165) is 46.6 Å². The number of hydrogen-bond donors (Lipinski definition) is 0. The summed E-state index contributed by atoms with van der Waals surface area (Å²) >= 11 is 4.93. The number of amides is 1. The Morgan fingerprint density at radius 1 is 1.13 bits per heavy atom. The molecule has 0 unspecified atom stereocenters. The van der Waals surface area contributed by atoms with Gasteiger partial charge in [-0.2, -0.15) is 0 Å². The van der Waals surface area contributed by atoms with Gasteiger partial charge in [-0.3, -0.25) is 9.69 Å². The highest BCUT2D eigenvalue weighted by Gasteiger charge is 2.39. The molecule has 4 rings (SSSR count). The van der Waals surface area contributed by atoms with E-state index in [1.165, 1.54) is 11.8 Å². The van der Waals surface area contributed by atoms with Crippen LogP contribution in [0.2, 0.25) is 0 Å². The molecule has 1 aliphatic heterocycles. The minimum Gasteiger partial charge on any atom is -0.493 e. The minimum atomic E-state index is 0.00239. The van der Waals surface area contributed by atoms with Crippen LogP contribution in [0.15, 0.2) is 56.8 Å². The molecule has 2 fully saturated rings. The van der Waals surface area contributed by atoms with Crippen molar-refractivity contribution in [3.63, 3.8) is 0 Å². The summed E-state index contributed by atoms with van der Waals surface area (Å²) in [5, 5.41) is 0.741. The summed E-state index contributed by atoms with van der Waals surface area (Å²) < 4.78 is 11.9. The van der Waals surface area contributed by atoms with Gasteiger partial charge in [-0.05, 0) is 54.9 Å². The van der Waals surface area contributed by atoms with E-state index < -0.39 is 0 Å². The van der Waals surface area contributed by atoms with E-state index in [9.17, 15) is 4.79 Å². The van der Waals surface area contributed by atoms with Gasteiger partial charge in [0.15, 0.2) is 16.7 Å². The van der Waals surface area contributed by atoms with Crippen molar-refractivity contribution < 1.29 is 14.3 Å². The average molecular weight is 487 g/mol. The van der Waals surface area contributed by atoms with Crippen molar-refractivity contribution in [1.82, 2.24) is 4.90 Å². The van der Waals surface area contributed by atoms with Crippen molar-refractivity contribution in [2.24, 2.45) is 4.99 Å². The second-order valence-corrected chi connectivity index (χ2v) is 9.11.